The molecule has 4 aromatic heterocycles. The molecular weight excluding hydrogens is 594 g/mol. The topological polar surface area (TPSA) is 169 Å². The van der Waals surface area contributed by atoms with Gasteiger partial charge in [-0.25, -0.2) is 18.4 Å². The van der Waals surface area contributed by atoms with Gasteiger partial charge in [-0.3, -0.25) is 23.9 Å². The zero-order valence-corrected chi connectivity index (χ0v) is 24.0. The Morgan fingerprint density at radius 2 is 1.71 bits per heavy atom. The number of H-pyrrole nitrogens is 2. The van der Waals surface area contributed by atoms with Crippen LogP contribution in [0.4, 0.5) is 8.78 Å². The minimum atomic E-state index is -1.50. The molecule has 230 valence electrons. The van der Waals surface area contributed by atoms with E-state index < -0.39 is 64.8 Å². The molecular formula is C31H24F2N4O8. The van der Waals surface area contributed by atoms with Crippen LogP contribution >= 0.6 is 0 Å². The first kappa shape index (κ1) is 29.3. The first-order chi connectivity index (χ1) is 21.3. The summed E-state index contributed by atoms with van der Waals surface area (Å²) in [6.45, 7) is 3.67. The first-order valence-corrected chi connectivity index (χ1v) is 13.5. The van der Waals surface area contributed by atoms with Gasteiger partial charge >= 0.3 is 17.6 Å². The van der Waals surface area contributed by atoms with E-state index >= 15 is 8.78 Å². The molecule has 45 heavy (non-hydrogen) atoms. The third-order valence-electron chi connectivity index (χ3n) is 7.44. The second kappa shape index (κ2) is 10.4. The Bertz CT molecular complexity index is 2390. The second-order valence-electron chi connectivity index (χ2n) is 11.4. The molecule has 0 aliphatic heterocycles. The van der Waals surface area contributed by atoms with Gasteiger partial charge in [0.05, 0.1) is 51.0 Å². The van der Waals surface area contributed by atoms with E-state index in [1.807, 2.05) is 0 Å². The molecule has 2 aromatic carbocycles. The number of aromatic nitrogens is 4. The maximum absolute atomic E-state index is 15.8. The van der Waals surface area contributed by atoms with Gasteiger partial charge in [0.25, 0.3) is 11.1 Å². The molecule has 0 unspecified atom stereocenters. The van der Waals surface area contributed by atoms with Crippen LogP contribution < -0.4 is 16.8 Å². The number of carbonyl (C=O) groups is 2. The fourth-order valence-corrected chi connectivity index (χ4v) is 5.29. The van der Waals surface area contributed by atoms with Gasteiger partial charge in [-0.2, -0.15) is 0 Å². The Labute approximate surface area is 250 Å². The van der Waals surface area contributed by atoms with Crippen molar-refractivity contribution in [2.75, 3.05) is 0 Å². The van der Waals surface area contributed by atoms with Gasteiger partial charge in [0, 0.05) is 17.3 Å². The van der Waals surface area contributed by atoms with Crippen LogP contribution in [-0.2, 0) is 22.8 Å². The van der Waals surface area contributed by atoms with Crippen molar-refractivity contribution in [3.05, 3.63) is 103 Å². The second-order valence-corrected chi connectivity index (χ2v) is 11.4. The number of carboxylic acid groups (broad SMARTS) is 1. The summed E-state index contributed by atoms with van der Waals surface area (Å²) < 4.78 is 43.8. The number of aromatic carboxylic acids is 1. The van der Waals surface area contributed by atoms with E-state index in [0.29, 0.717) is 0 Å². The molecule has 6 rings (SSSR count). The average Bonchev–Trinajstić information content (AvgIpc) is 3.57. The fourth-order valence-electron chi connectivity index (χ4n) is 5.29. The third-order valence-corrected chi connectivity index (χ3v) is 7.44. The Kier molecular flexibility index (Phi) is 6.79. The van der Waals surface area contributed by atoms with Crippen LogP contribution in [0.2, 0.25) is 0 Å². The molecule has 0 aliphatic carbocycles. The van der Waals surface area contributed by atoms with Crippen molar-refractivity contribution in [1.29, 1.82) is 0 Å². The van der Waals surface area contributed by atoms with Gasteiger partial charge in [0.15, 0.2) is 6.73 Å². The van der Waals surface area contributed by atoms with E-state index in [9.17, 15) is 29.1 Å². The predicted molar refractivity (Wildman–Crippen MR) is 158 cm³/mol. The molecule has 6 aromatic rings. The quantitative estimate of drug-likeness (QED) is 0.232. The molecule has 4 heterocycles. The van der Waals surface area contributed by atoms with Crippen LogP contribution in [0.25, 0.3) is 43.9 Å². The SMILES string of the molecule is CC(C)(C)C(=O)OCn1c(=O)[nH]c(=O)c2cc(Cn3c(C(=O)O)c(-c4ccc[nH]c4=O)c4c5occc5c(F)cc43)c(F)cc21. The van der Waals surface area contributed by atoms with E-state index in [1.165, 1.54) is 30.7 Å². The zero-order valence-electron chi connectivity index (χ0n) is 24.0. The molecule has 0 saturated heterocycles. The Balaban J connectivity index is 1.59. The standard InChI is InChI=1S/C31H24F2N4O8/c1-31(2,3)29(42)45-13-37-20-10-18(32)14(9-17(20)27(39)35-30(37)43)12-36-21-11-19(33)15-6-8-44-25(15)23(21)22(24(36)28(40)41)16-5-4-7-34-26(16)38/h4-11H,12-13H2,1-3H3,(H,34,38)(H,40,41)(H,35,39,43). The molecule has 0 spiro atoms. The van der Waals surface area contributed by atoms with Crippen LogP contribution in [0, 0.1) is 17.0 Å². The van der Waals surface area contributed by atoms with Crippen LogP contribution in [0.15, 0.2) is 67.7 Å². The summed E-state index contributed by atoms with van der Waals surface area (Å²) in [6, 6.07) is 7.32. The van der Waals surface area contributed by atoms with Gasteiger partial charge in [-0.05, 0) is 57.2 Å². The van der Waals surface area contributed by atoms with Gasteiger partial charge in [0.1, 0.15) is 22.9 Å². The highest BCUT2D eigenvalue weighted by Crippen LogP contribution is 2.40. The maximum Gasteiger partial charge on any atom is 0.353 e. The molecule has 0 bridgehead atoms. The number of esters is 1. The fraction of sp³-hybridized carbons (Fsp3) is 0.194. The summed E-state index contributed by atoms with van der Waals surface area (Å²) in [5.74, 6) is -3.84. The van der Waals surface area contributed by atoms with Crippen molar-refractivity contribution in [3.63, 3.8) is 0 Å². The largest absolute Gasteiger partial charge is 0.477 e. The number of hydrogen-bond donors (Lipinski definition) is 3. The van der Waals surface area contributed by atoms with E-state index in [4.69, 9.17) is 9.15 Å². The molecule has 12 nitrogen and oxygen atoms in total. The van der Waals surface area contributed by atoms with Gasteiger partial charge < -0.3 is 23.8 Å². The lowest BCUT2D eigenvalue weighted by Gasteiger charge is -2.18. The number of carboxylic acids is 1. The number of halogens is 2. The number of ether oxygens (including phenoxy) is 1. The van der Waals surface area contributed by atoms with Crippen LogP contribution in [0.1, 0.15) is 36.8 Å². The molecule has 0 radical (unpaired) electrons. The summed E-state index contributed by atoms with van der Waals surface area (Å²) in [5, 5.41) is 10.4. The Hall–Kier alpha value is -5.79. The normalized spacial score (nSPS) is 11.9. The summed E-state index contributed by atoms with van der Waals surface area (Å²) in [6.07, 6.45) is 2.58. The van der Waals surface area contributed by atoms with E-state index in [0.717, 1.165) is 27.3 Å². The molecule has 0 fully saturated rings. The van der Waals surface area contributed by atoms with Crippen molar-refractivity contribution >= 4 is 44.7 Å². The number of furan rings is 1. The smallest absolute Gasteiger partial charge is 0.353 e. The number of hydrogen-bond acceptors (Lipinski definition) is 7. The van der Waals surface area contributed by atoms with E-state index in [1.54, 1.807) is 20.8 Å². The summed E-state index contributed by atoms with van der Waals surface area (Å²) >= 11 is 0. The predicted octanol–water partition coefficient (Wildman–Crippen LogP) is 4.32. The molecule has 14 heteroatoms. The van der Waals surface area contributed by atoms with Crippen molar-refractivity contribution in [3.8, 4) is 11.1 Å². The highest BCUT2D eigenvalue weighted by atomic mass is 19.1. The number of benzene rings is 2. The number of nitrogens with zero attached hydrogens (tertiary/aromatic N) is 2. The third kappa shape index (κ3) is 4.80. The van der Waals surface area contributed by atoms with Crippen molar-refractivity contribution in [2.24, 2.45) is 5.41 Å². The molecule has 0 aliphatic rings. The van der Waals surface area contributed by atoms with E-state index in [2.05, 4.69) is 9.97 Å². The molecule has 3 N–H and O–H groups in total. The van der Waals surface area contributed by atoms with Gasteiger partial charge in [0.2, 0.25) is 0 Å². The summed E-state index contributed by atoms with van der Waals surface area (Å²) in [5.41, 5.74) is -4.33. The van der Waals surface area contributed by atoms with Gasteiger partial charge in [-0.1, -0.05) is 0 Å². The number of rotatable bonds is 6. The zero-order chi connectivity index (χ0) is 32.4. The van der Waals surface area contributed by atoms with Crippen LogP contribution in [0.3, 0.4) is 0 Å². The number of aromatic amines is 2. The van der Waals surface area contributed by atoms with Crippen molar-refractivity contribution in [2.45, 2.75) is 34.0 Å². The van der Waals surface area contributed by atoms with Crippen molar-refractivity contribution < 1.29 is 32.6 Å². The summed E-state index contributed by atoms with van der Waals surface area (Å²) in [4.78, 5) is 68.0. The lowest BCUT2D eigenvalue weighted by atomic mass is 9.98. The van der Waals surface area contributed by atoms with Crippen molar-refractivity contribution in [1.82, 2.24) is 19.1 Å². The molecule has 0 atom stereocenters. The minimum Gasteiger partial charge on any atom is -0.477 e. The number of nitrogens with one attached hydrogen (secondary N) is 2. The van der Waals surface area contributed by atoms with Crippen LogP contribution in [0.5, 0.6) is 0 Å². The van der Waals surface area contributed by atoms with Crippen LogP contribution in [-0.4, -0.2) is 36.1 Å². The number of fused-ring (bicyclic) bond motifs is 4. The first-order valence-electron chi connectivity index (χ1n) is 13.5. The molecule has 0 saturated carbocycles. The maximum atomic E-state index is 15.8. The molecule has 0 amide bonds. The van der Waals surface area contributed by atoms with Gasteiger partial charge in [-0.15, -0.1) is 0 Å². The lowest BCUT2D eigenvalue weighted by molar-refractivity contribution is -0.156. The summed E-state index contributed by atoms with van der Waals surface area (Å²) in [7, 11) is 0. The monoisotopic (exact) mass is 618 g/mol. The number of pyridine rings is 1. The number of carbonyl (C=O) groups excluding carboxylic acids is 1. The minimum absolute atomic E-state index is 0.0157. The highest BCUT2D eigenvalue weighted by molar-refractivity contribution is 6.17. The Morgan fingerprint density at radius 1 is 0.978 bits per heavy atom. The Morgan fingerprint density at radius 3 is 2.40 bits per heavy atom. The highest BCUT2D eigenvalue weighted by Gasteiger charge is 2.30. The van der Waals surface area contributed by atoms with E-state index in [-0.39, 0.29) is 49.5 Å². The lowest BCUT2D eigenvalue weighted by Crippen LogP contribution is -2.33. The average molecular weight is 619 g/mol.